The SMILES string of the molecule is O=P(O)(Oc1ccccc1)Oc1cccc(Br)c1Br. The molecule has 0 saturated carbocycles. The van der Waals surface area contributed by atoms with Crippen LogP contribution in [0.5, 0.6) is 11.5 Å². The predicted molar refractivity (Wildman–Crippen MR) is 79.4 cm³/mol. The second-order valence-corrected chi connectivity index (χ2v) is 6.47. The van der Waals surface area contributed by atoms with Crippen LogP contribution in [0.3, 0.4) is 0 Å². The van der Waals surface area contributed by atoms with Crippen molar-refractivity contribution >= 4 is 39.7 Å². The van der Waals surface area contributed by atoms with Crippen molar-refractivity contribution in [2.75, 3.05) is 0 Å². The number of para-hydroxylation sites is 1. The van der Waals surface area contributed by atoms with Crippen LogP contribution in [0.15, 0.2) is 57.5 Å². The number of hydrogen-bond acceptors (Lipinski definition) is 3. The highest BCUT2D eigenvalue weighted by molar-refractivity contribution is 9.13. The van der Waals surface area contributed by atoms with Crippen molar-refractivity contribution in [3.63, 3.8) is 0 Å². The molecule has 0 aliphatic rings. The summed E-state index contributed by atoms with van der Waals surface area (Å²) in [5.41, 5.74) is 0. The van der Waals surface area contributed by atoms with Gasteiger partial charge >= 0.3 is 7.82 Å². The summed E-state index contributed by atoms with van der Waals surface area (Å²) in [7, 11) is -4.23. The first-order valence-electron chi connectivity index (χ1n) is 5.19. The monoisotopic (exact) mass is 406 g/mol. The lowest BCUT2D eigenvalue weighted by Crippen LogP contribution is -2.00. The third-order valence-corrected chi connectivity index (χ3v) is 4.97. The number of phosphoric ester groups is 1. The number of benzene rings is 2. The lowest BCUT2D eigenvalue weighted by Gasteiger charge is -2.15. The molecule has 0 radical (unpaired) electrons. The molecule has 1 N–H and O–H groups in total. The van der Waals surface area contributed by atoms with Gasteiger partial charge in [-0.2, -0.15) is 0 Å². The Labute approximate surface area is 127 Å². The minimum Gasteiger partial charge on any atom is -0.395 e. The Morgan fingerprint density at radius 3 is 2.32 bits per heavy atom. The van der Waals surface area contributed by atoms with Gasteiger partial charge in [0.1, 0.15) is 11.5 Å². The molecule has 0 bridgehead atoms. The van der Waals surface area contributed by atoms with E-state index < -0.39 is 7.82 Å². The number of halogens is 2. The highest BCUT2D eigenvalue weighted by atomic mass is 79.9. The standard InChI is InChI=1S/C12H9Br2O4P/c13-10-7-4-8-11(12(10)14)18-19(15,16)17-9-5-2-1-3-6-9/h1-8H,(H,15,16). The summed E-state index contributed by atoms with van der Waals surface area (Å²) in [6.45, 7) is 0. The van der Waals surface area contributed by atoms with Crippen molar-refractivity contribution in [2.45, 2.75) is 0 Å². The Hall–Kier alpha value is -0.810. The van der Waals surface area contributed by atoms with Crippen molar-refractivity contribution in [1.82, 2.24) is 0 Å². The van der Waals surface area contributed by atoms with E-state index in [0.717, 1.165) is 0 Å². The molecule has 4 nitrogen and oxygen atoms in total. The van der Waals surface area contributed by atoms with Crippen LogP contribution in [0.1, 0.15) is 0 Å². The van der Waals surface area contributed by atoms with Gasteiger partial charge in [-0.1, -0.05) is 24.3 Å². The van der Waals surface area contributed by atoms with Gasteiger partial charge in [-0.25, -0.2) is 4.57 Å². The van der Waals surface area contributed by atoms with Crippen LogP contribution in [-0.2, 0) is 4.57 Å². The Bertz CT molecular complexity index is 618. The molecule has 1 atom stereocenters. The second-order valence-electron chi connectivity index (χ2n) is 3.52. The number of rotatable bonds is 4. The van der Waals surface area contributed by atoms with E-state index in [2.05, 4.69) is 31.9 Å². The zero-order chi connectivity index (χ0) is 13.9. The lowest BCUT2D eigenvalue weighted by atomic mass is 10.3. The van der Waals surface area contributed by atoms with E-state index in [-0.39, 0.29) is 11.5 Å². The van der Waals surface area contributed by atoms with Gasteiger partial charge in [-0.05, 0) is 56.1 Å². The molecule has 2 aromatic rings. The van der Waals surface area contributed by atoms with E-state index in [4.69, 9.17) is 9.05 Å². The van der Waals surface area contributed by atoms with Crippen LogP contribution in [0.25, 0.3) is 0 Å². The number of hydrogen-bond donors (Lipinski definition) is 1. The molecule has 0 aromatic heterocycles. The van der Waals surface area contributed by atoms with E-state index >= 15 is 0 Å². The summed E-state index contributed by atoms with van der Waals surface area (Å²) < 4.78 is 23.1. The zero-order valence-electron chi connectivity index (χ0n) is 9.49. The molecular weight excluding hydrogens is 399 g/mol. The molecule has 0 aliphatic carbocycles. The summed E-state index contributed by atoms with van der Waals surface area (Å²) in [4.78, 5) is 9.71. The summed E-state index contributed by atoms with van der Waals surface area (Å²) in [5.74, 6) is 0.482. The van der Waals surface area contributed by atoms with Crippen molar-refractivity contribution < 1.29 is 18.5 Å². The van der Waals surface area contributed by atoms with Gasteiger partial charge in [0.05, 0.1) is 4.47 Å². The van der Waals surface area contributed by atoms with Crippen LogP contribution in [-0.4, -0.2) is 4.89 Å². The minimum absolute atomic E-state index is 0.219. The maximum atomic E-state index is 11.9. The van der Waals surface area contributed by atoms with Crippen LogP contribution < -0.4 is 9.05 Å². The Morgan fingerprint density at radius 1 is 0.947 bits per heavy atom. The molecule has 0 saturated heterocycles. The van der Waals surface area contributed by atoms with Crippen molar-refractivity contribution in [3.05, 3.63) is 57.5 Å². The maximum Gasteiger partial charge on any atom is 0.584 e. The molecule has 0 fully saturated rings. The molecular formula is C12H9Br2O4P. The van der Waals surface area contributed by atoms with Gasteiger partial charge in [-0.15, -0.1) is 0 Å². The third-order valence-electron chi connectivity index (χ3n) is 2.09. The van der Waals surface area contributed by atoms with Gasteiger partial charge in [0.25, 0.3) is 0 Å². The highest BCUT2D eigenvalue weighted by Crippen LogP contribution is 2.47. The van der Waals surface area contributed by atoms with Gasteiger partial charge in [0.15, 0.2) is 0 Å². The highest BCUT2D eigenvalue weighted by Gasteiger charge is 2.26. The minimum atomic E-state index is -4.23. The Balaban J connectivity index is 2.17. The van der Waals surface area contributed by atoms with E-state index in [1.807, 2.05) is 0 Å². The quantitative estimate of drug-likeness (QED) is 0.741. The first kappa shape index (κ1) is 14.6. The Morgan fingerprint density at radius 2 is 1.63 bits per heavy atom. The van der Waals surface area contributed by atoms with Crippen molar-refractivity contribution in [2.24, 2.45) is 0 Å². The number of phosphoric acid groups is 1. The fraction of sp³-hybridized carbons (Fsp3) is 0. The maximum absolute atomic E-state index is 11.9. The predicted octanol–water partition coefficient (Wildman–Crippen LogP) is 4.77. The molecule has 2 aromatic carbocycles. The van der Waals surface area contributed by atoms with E-state index in [1.165, 1.54) is 0 Å². The van der Waals surface area contributed by atoms with Gasteiger partial charge < -0.3 is 9.05 Å². The molecule has 0 amide bonds. The molecule has 19 heavy (non-hydrogen) atoms. The van der Waals surface area contributed by atoms with Gasteiger partial charge in [0.2, 0.25) is 0 Å². The first-order chi connectivity index (χ1) is 8.98. The summed E-state index contributed by atoms with van der Waals surface area (Å²) in [6.07, 6.45) is 0. The summed E-state index contributed by atoms with van der Waals surface area (Å²) in [5, 5.41) is 0. The molecule has 0 spiro atoms. The molecule has 1 unspecified atom stereocenters. The van der Waals surface area contributed by atoms with Crippen molar-refractivity contribution in [3.8, 4) is 11.5 Å². The van der Waals surface area contributed by atoms with E-state index in [1.54, 1.807) is 48.5 Å². The normalized spacial score (nSPS) is 13.6. The third kappa shape index (κ3) is 4.08. The fourth-order valence-electron chi connectivity index (χ4n) is 1.31. The average Bonchev–Trinajstić information content (AvgIpc) is 2.35. The first-order valence-corrected chi connectivity index (χ1v) is 8.27. The fourth-order valence-corrected chi connectivity index (χ4v) is 2.96. The topological polar surface area (TPSA) is 55.8 Å². The molecule has 0 heterocycles. The second kappa shape index (κ2) is 6.09. The van der Waals surface area contributed by atoms with Crippen molar-refractivity contribution in [1.29, 1.82) is 0 Å². The van der Waals surface area contributed by atoms with Gasteiger partial charge in [-0.3, -0.25) is 4.89 Å². The Kier molecular flexibility index (Phi) is 4.68. The largest absolute Gasteiger partial charge is 0.584 e. The smallest absolute Gasteiger partial charge is 0.395 e. The van der Waals surface area contributed by atoms with E-state index in [0.29, 0.717) is 8.95 Å². The van der Waals surface area contributed by atoms with Crippen LogP contribution in [0.2, 0.25) is 0 Å². The lowest BCUT2D eigenvalue weighted by molar-refractivity contribution is 0.290. The van der Waals surface area contributed by atoms with Crippen LogP contribution in [0.4, 0.5) is 0 Å². The van der Waals surface area contributed by atoms with Gasteiger partial charge in [0, 0.05) is 4.47 Å². The molecule has 0 aliphatic heterocycles. The molecule has 2 rings (SSSR count). The van der Waals surface area contributed by atoms with E-state index in [9.17, 15) is 9.46 Å². The molecule has 100 valence electrons. The van der Waals surface area contributed by atoms with Crippen LogP contribution in [0, 0.1) is 0 Å². The van der Waals surface area contributed by atoms with Crippen LogP contribution >= 0.6 is 39.7 Å². The summed E-state index contributed by atoms with van der Waals surface area (Å²) >= 11 is 6.54. The average molecular weight is 408 g/mol. The summed E-state index contributed by atoms with van der Waals surface area (Å²) in [6, 6.07) is 13.3. The molecule has 7 heteroatoms. The zero-order valence-corrected chi connectivity index (χ0v) is 13.6.